The van der Waals surface area contributed by atoms with Gasteiger partial charge in [0.15, 0.2) is 0 Å². The Bertz CT molecular complexity index is 1610. The quantitative estimate of drug-likeness (QED) is 0.141. The van der Waals surface area contributed by atoms with Gasteiger partial charge in [0.2, 0.25) is 0 Å². The van der Waals surface area contributed by atoms with Crippen LogP contribution >= 0.6 is 34.9 Å². The van der Waals surface area contributed by atoms with Crippen molar-refractivity contribution in [3.8, 4) is 28.7 Å². The molecule has 0 spiro atoms. The molecule has 0 aliphatic carbocycles. The zero-order valence-corrected chi connectivity index (χ0v) is 25.5. The van der Waals surface area contributed by atoms with Gasteiger partial charge >= 0.3 is 23.7 Å². The Kier molecular flexibility index (Phi) is 9.22. The molecule has 0 N–H and O–H groups in total. The molecule has 1 heterocycles. The van der Waals surface area contributed by atoms with Crippen molar-refractivity contribution in [2.45, 2.75) is 0 Å². The molecule has 0 bridgehead atoms. The van der Waals surface area contributed by atoms with Gasteiger partial charge in [0.25, 0.3) is 0 Å². The number of hydrogen-bond acceptors (Lipinski definition) is 8. The van der Waals surface area contributed by atoms with E-state index in [0.717, 1.165) is 0 Å². The van der Waals surface area contributed by atoms with Gasteiger partial charge in [-0.2, -0.15) is 4.52 Å². The van der Waals surface area contributed by atoms with Gasteiger partial charge in [-0.25, -0.2) is 0 Å². The molecule has 8 nitrogen and oxygen atoms in total. The Morgan fingerprint density at radius 2 is 0.905 bits per heavy atom. The third-order valence-electron chi connectivity index (χ3n) is 5.52. The van der Waals surface area contributed by atoms with Gasteiger partial charge < -0.3 is 23.2 Å². The van der Waals surface area contributed by atoms with Crippen molar-refractivity contribution in [2.24, 2.45) is 4.52 Å². The SMILES string of the molecule is ClP1(Oc2ccccc2)=NP(Oc2ccccc2)N(Oc2ccccc2)P(Oc2ccccc2)N1Oc1ccccc1. The van der Waals surface area contributed by atoms with Crippen LogP contribution in [-0.4, -0.2) is 9.21 Å². The zero-order chi connectivity index (χ0) is 28.6. The van der Waals surface area contributed by atoms with Crippen molar-refractivity contribution in [1.29, 1.82) is 0 Å². The second-order valence-corrected chi connectivity index (χ2v) is 15.2. The molecule has 12 heteroatoms. The van der Waals surface area contributed by atoms with Crippen LogP contribution in [0.4, 0.5) is 0 Å². The summed E-state index contributed by atoms with van der Waals surface area (Å²) in [5.74, 6) is 2.77. The monoisotopic (exact) mass is 635 g/mol. The minimum absolute atomic E-state index is 0.521. The maximum absolute atomic E-state index is 7.43. The highest BCUT2D eigenvalue weighted by molar-refractivity contribution is 7.94. The van der Waals surface area contributed by atoms with Crippen molar-refractivity contribution in [2.75, 3.05) is 0 Å². The number of nitrogens with zero attached hydrogens (tertiary/aromatic N) is 3. The minimum Gasteiger partial charge on any atom is -0.440 e. The number of hydrogen-bond donors (Lipinski definition) is 0. The van der Waals surface area contributed by atoms with Gasteiger partial charge in [0.1, 0.15) is 28.7 Å². The largest absolute Gasteiger partial charge is 0.440 e. The first-order chi connectivity index (χ1) is 20.7. The predicted octanol–water partition coefficient (Wildman–Crippen LogP) is 10.5. The molecular formula is C30H25ClN3O5P3. The summed E-state index contributed by atoms with van der Waals surface area (Å²) < 4.78 is 27.6. The molecule has 0 amide bonds. The smallest absolute Gasteiger partial charge is 0.346 e. The summed E-state index contributed by atoms with van der Waals surface area (Å²) in [6.07, 6.45) is 0. The van der Waals surface area contributed by atoms with Crippen molar-refractivity contribution in [3.05, 3.63) is 152 Å². The summed E-state index contributed by atoms with van der Waals surface area (Å²) in [5.41, 5.74) is 0. The van der Waals surface area contributed by atoms with Gasteiger partial charge in [-0.3, -0.25) is 0 Å². The average molecular weight is 636 g/mol. The van der Waals surface area contributed by atoms with E-state index in [-0.39, 0.29) is 0 Å². The Hall–Kier alpha value is -3.60. The van der Waals surface area contributed by atoms with Gasteiger partial charge in [-0.05, 0) is 71.9 Å². The summed E-state index contributed by atoms with van der Waals surface area (Å²) in [6, 6.07) is 46.6. The van der Waals surface area contributed by atoms with Crippen LogP contribution in [-0.2, 0) is 0 Å². The Morgan fingerprint density at radius 1 is 0.500 bits per heavy atom. The van der Waals surface area contributed by atoms with Gasteiger partial charge in [-0.15, -0.1) is 0 Å². The minimum atomic E-state index is -3.49. The Morgan fingerprint density at radius 3 is 1.40 bits per heavy atom. The van der Waals surface area contributed by atoms with Crippen LogP contribution in [0, 0.1) is 0 Å². The van der Waals surface area contributed by atoms with E-state index in [1.54, 1.807) is 4.60 Å². The Labute approximate surface area is 251 Å². The van der Waals surface area contributed by atoms with Crippen molar-refractivity contribution >= 4 is 34.9 Å². The Balaban J connectivity index is 1.51. The van der Waals surface area contributed by atoms with Crippen LogP contribution in [0.5, 0.6) is 28.7 Å². The molecule has 5 aromatic rings. The summed E-state index contributed by atoms with van der Waals surface area (Å²) in [5, 5.41) is 0. The lowest BCUT2D eigenvalue weighted by Crippen LogP contribution is -2.34. The van der Waals surface area contributed by atoms with Crippen LogP contribution < -0.4 is 23.2 Å². The average Bonchev–Trinajstić information content (AvgIpc) is 3.03. The summed E-state index contributed by atoms with van der Waals surface area (Å²) in [4.78, 5) is 12.9. The second kappa shape index (κ2) is 13.6. The van der Waals surface area contributed by atoms with E-state index in [2.05, 4.69) is 0 Å². The van der Waals surface area contributed by atoms with E-state index in [4.69, 9.17) is 39.0 Å². The normalized spacial score (nSPS) is 20.6. The maximum Gasteiger partial charge on any atom is 0.346 e. The summed E-state index contributed by atoms with van der Waals surface area (Å²) in [6.45, 7) is -3.49. The molecule has 5 aromatic carbocycles. The maximum atomic E-state index is 7.43. The fourth-order valence-corrected chi connectivity index (χ4v) is 11.7. The van der Waals surface area contributed by atoms with Crippen molar-refractivity contribution < 1.29 is 23.2 Å². The first kappa shape index (κ1) is 28.5. The van der Waals surface area contributed by atoms with E-state index in [0.29, 0.717) is 28.7 Å². The van der Waals surface area contributed by atoms with E-state index >= 15 is 0 Å². The highest BCUT2D eigenvalue weighted by Gasteiger charge is 2.55. The van der Waals surface area contributed by atoms with E-state index in [9.17, 15) is 0 Å². The van der Waals surface area contributed by atoms with E-state index in [1.165, 1.54) is 4.60 Å². The molecule has 0 aromatic heterocycles. The molecule has 212 valence electrons. The molecule has 6 rings (SSSR count). The molecule has 0 radical (unpaired) electrons. The van der Waals surface area contributed by atoms with Crippen LogP contribution in [0.3, 0.4) is 0 Å². The first-order valence-electron chi connectivity index (χ1n) is 12.9. The number of para-hydroxylation sites is 5. The predicted molar refractivity (Wildman–Crippen MR) is 168 cm³/mol. The topological polar surface area (TPSA) is 65.0 Å². The fraction of sp³-hybridized carbons (Fsp3) is 0. The lowest BCUT2D eigenvalue weighted by Gasteiger charge is -2.42. The number of halogens is 1. The van der Waals surface area contributed by atoms with Gasteiger partial charge in [-0.1, -0.05) is 91.0 Å². The second-order valence-electron chi connectivity index (χ2n) is 8.60. The molecule has 1 aliphatic heterocycles. The molecule has 3 unspecified atom stereocenters. The van der Waals surface area contributed by atoms with Crippen molar-refractivity contribution in [3.63, 3.8) is 0 Å². The number of rotatable bonds is 10. The molecule has 1 aliphatic rings. The zero-order valence-electron chi connectivity index (χ0n) is 22.0. The summed E-state index contributed by atoms with van der Waals surface area (Å²) in [7, 11) is -3.96. The van der Waals surface area contributed by atoms with Crippen LogP contribution in [0.25, 0.3) is 0 Å². The van der Waals surface area contributed by atoms with E-state index < -0.39 is 23.7 Å². The number of benzene rings is 5. The third kappa shape index (κ3) is 7.06. The third-order valence-corrected chi connectivity index (χ3v) is 13.5. The fourth-order valence-electron chi connectivity index (χ4n) is 3.64. The van der Waals surface area contributed by atoms with Crippen LogP contribution in [0.2, 0.25) is 0 Å². The summed E-state index contributed by atoms with van der Waals surface area (Å²) >= 11 is 7.43. The molecule has 0 saturated carbocycles. The molecule has 3 atom stereocenters. The first-order valence-corrected chi connectivity index (χ1v) is 17.7. The molecule has 42 heavy (non-hydrogen) atoms. The van der Waals surface area contributed by atoms with Gasteiger partial charge in [0, 0.05) is 9.21 Å². The van der Waals surface area contributed by atoms with E-state index in [1.807, 2.05) is 152 Å². The molecular weight excluding hydrogens is 611 g/mol. The highest BCUT2D eigenvalue weighted by atomic mass is 35.7. The lowest BCUT2D eigenvalue weighted by atomic mass is 10.3. The molecule has 0 fully saturated rings. The van der Waals surface area contributed by atoms with Gasteiger partial charge in [0.05, 0.1) is 0 Å². The van der Waals surface area contributed by atoms with Crippen LogP contribution in [0.15, 0.2) is 156 Å². The standard InChI is InChI=1S/C30H25ClN3O5P3/c31-42(39-30-24-14-5-15-25-30)32-40(37-28-20-10-3-11-21-28)33(35-26-16-6-1-7-17-26)41(38-29-22-12-4-13-23-29)34(42)36-27-18-8-2-9-19-27/h1-25H. The molecule has 0 saturated heterocycles. The van der Waals surface area contributed by atoms with Crippen LogP contribution in [0.1, 0.15) is 0 Å². The highest BCUT2D eigenvalue weighted by Crippen LogP contribution is 2.79. The van der Waals surface area contributed by atoms with Crippen molar-refractivity contribution in [1.82, 2.24) is 9.21 Å². The lowest BCUT2D eigenvalue weighted by molar-refractivity contribution is 0.0639.